The molecule has 28 heavy (non-hydrogen) atoms. The average molecular weight is 401 g/mol. The van der Waals surface area contributed by atoms with E-state index in [0.717, 1.165) is 12.8 Å². The highest BCUT2D eigenvalue weighted by Gasteiger charge is 2.22. The van der Waals surface area contributed by atoms with Crippen molar-refractivity contribution >= 4 is 15.8 Å². The van der Waals surface area contributed by atoms with Gasteiger partial charge in [-0.15, -0.1) is 0 Å². The SMILES string of the molecule is CCC(CC)C(C/C=C/CS(=O)(=O)c1ccccc1)OC(=O)c1ccccc1. The number of esters is 1. The lowest BCUT2D eigenvalue weighted by molar-refractivity contribution is 0.0135. The minimum atomic E-state index is -3.35. The van der Waals surface area contributed by atoms with Gasteiger partial charge in [0.15, 0.2) is 9.84 Å². The second kappa shape index (κ2) is 10.8. The molecule has 1 atom stereocenters. The van der Waals surface area contributed by atoms with Gasteiger partial charge < -0.3 is 4.74 Å². The highest BCUT2D eigenvalue weighted by atomic mass is 32.2. The Bertz CT molecular complexity index is 854. The first kappa shape index (κ1) is 21.9. The minimum Gasteiger partial charge on any atom is -0.458 e. The maximum Gasteiger partial charge on any atom is 0.338 e. The molecule has 5 heteroatoms. The number of carbonyl (C=O) groups excluding carboxylic acids is 1. The molecular formula is C23H28O4S. The second-order valence-corrected chi connectivity index (χ2v) is 8.72. The molecule has 0 aliphatic rings. The number of benzene rings is 2. The zero-order chi connectivity index (χ0) is 20.4. The van der Waals surface area contributed by atoms with Gasteiger partial charge in [-0.05, 0) is 43.0 Å². The summed E-state index contributed by atoms with van der Waals surface area (Å²) in [5.41, 5.74) is 0.522. The Morgan fingerprint density at radius 3 is 2.07 bits per heavy atom. The maximum absolute atomic E-state index is 12.4. The Kier molecular flexibility index (Phi) is 8.45. The molecule has 0 fully saturated rings. The van der Waals surface area contributed by atoms with Crippen LogP contribution < -0.4 is 0 Å². The predicted molar refractivity (Wildman–Crippen MR) is 112 cm³/mol. The van der Waals surface area contributed by atoms with E-state index >= 15 is 0 Å². The van der Waals surface area contributed by atoms with Gasteiger partial charge in [-0.2, -0.15) is 0 Å². The van der Waals surface area contributed by atoms with Crippen LogP contribution in [0.2, 0.25) is 0 Å². The summed E-state index contributed by atoms with van der Waals surface area (Å²) in [5.74, 6) is -0.190. The van der Waals surface area contributed by atoms with Gasteiger partial charge in [-0.25, -0.2) is 13.2 Å². The number of carbonyl (C=O) groups is 1. The molecule has 0 aliphatic carbocycles. The van der Waals surface area contributed by atoms with Gasteiger partial charge in [0.05, 0.1) is 16.2 Å². The number of ether oxygens (including phenoxy) is 1. The van der Waals surface area contributed by atoms with Crippen LogP contribution in [0.1, 0.15) is 43.5 Å². The summed E-state index contributed by atoms with van der Waals surface area (Å²) in [4.78, 5) is 12.7. The van der Waals surface area contributed by atoms with Crippen molar-refractivity contribution in [2.75, 3.05) is 5.75 Å². The molecule has 0 spiro atoms. The van der Waals surface area contributed by atoms with Gasteiger partial charge in [0.2, 0.25) is 0 Å². The Morgan fingerprint density at radius 2 is 1.50 bits per heavy atom. The van der Waals surface area contributed by atoms with Crippen LogP contribution in [-0.2, 0) is 14.6 Å². The van der Waals surface area contributed by atoms with E-state index in [1.165, 1.54) is 0 Å². The normalized spacial score (nSPS) is 13.0. The molecule has 2 aromatic carbocycles. The monoisotopic (exact) mass is 400 g/mol. The van der Waals surface area contributed by atoms with Gasteiger partial charge in [0.25, 0.3) is 0 Å². The highest BCUT2D eigenvalue weighted by Crippen LogP contribution is 2.21. The van der Waals surface area contributed by atoms with E-state index in [-0.39, 0.29) is 23.7 Å². The van der Waals surface area contributed by atoms with Crippen LogP contribution in [0.4, 0.5) is 0 Å². The van der Waals surface area contributed by atoms with Crippen molar-refractivity contribution in [3.8, 4) is 0 Å². The number of hydrogen-bond acceptors (Lipinski definition) is 4. The number of sulfone groups is 1. The zero-order valence-electron chi connectivity index (χ0n) is 16.5. The van der Waals surface area contributed by atoms with Crippen LogP contribution in [0.3, 0.4) is 0 Å². The van der Waals surface area contributed by atoms with Crippen LogP contribution in [0, 0.1) is 5.92 Å². The standard InChI is InChI=1S/C23H28O4S/c1-3-19(4-2)22(27-23(24)20-13-7-5-8-14-20)17-11-12-18-28(25,26)21-15-9-6-10-16-21/h5-16,19,22H,3-4,17-18H2,1-2H3/b12-11+. The number of hydrogen-bond donors (Lipinski definition) is 0. The van der Waals surface area contributed by atoms with Crippen molar-refractivity contribution in [3.63, 3.8) is 0 Å². The smallest absolute Gasteiger partial charge is 0.338 e. The van der Waals surface area contributed by atoms with Crippen molar-refractivity contribution in [2.24, 2.45) is 5.92 Å². The first-order valence-electron chi connectivity index (χ1n) is 9.66. The van der Waals surface area contributed by atoms with Gasteiger partial charge in [-0.1, -0.05) is 62.4 Å². The molecular weight excluding hydrogens is 372 g/mol. The quantitative estimate of drug-likeness (QED) is 0.413. The lowest BCUT2D eigenvalue weighted by Crippen LogP contribution is -2.26. The molecule has 0 aromatic heterocycles. The fourth-order valence-electron chi connectivity index (χ4n) is 3.08. The molecule has 0 saturated carbocycles. The van der Waals surface area contributed by atoms with E-state index in [2.05, 4.69) is 13.8 Å². The third-order valence-electron chi connectivity index (χ3n) is 4.80. The molecule has 150 valence electrons. The molecule has 0 radical (unpaired) electrons. The van der Waals surface area contributed by atoms with Crippen LogP contribution in [0.5, 0.6) is 0 Å². The summed E-state index contributed by atoms with van der Waals surface area (Å²) in [5, 5.41) is 0. The van der Waals surface area contributed by atoms with Crippen LogP contribution >= 0.6 is 0 Å². The minimum absolute atomic E-state index is 0.0702. The Labute approximate surface area is 168 Å². The molecule has 0 N–H and O–H groups in total. The van der Waals surface area contributed by atoms with E-state index in [4.69, 9.17) is 4.74 Å². The van der Waals surface area contributed by atoms with Crippen molar-refractivity contribution < 1.29 is 17.9 Å². The van der Waals surface area contributed by atoms with E-state index in [9.17, 15) is 13.2 Å². The van der Waals surface area contributed by atoms with Crippen molar-refractivity contribution in [1.82, 2.24) is 0 Å². The summed E-state index contributed by atoms with van der Waals surface area (Å²) in [7, 11) is -3.35. The highest BCUT2D eigenvalue weighted by molar-refractivity contribution is 7.91. The first-order valence-corrected chi connectivity index (χ1v) is 11.3. The second-order valence-electron chi connectivity index (χ2n) is 6.69. The molecule has 0 heterocycles. The lowest BCUT2D eigenvalue weighted by Gasteiger charge is -2.24. The zero-order valence-corrected chi connectivity index (χ0v) is 17.3. The topological polar surface area (TPSA) is 60.4 Å². The summed E-state index contributed by atoms with van der Waals surface area (Å²) >= 11 is 0. The van der Waals surface area contributed by atoms with E-state index in [1.54, 1.807) is 60.7 Å². The van der Waals surface area contributed by atoms with Gasteiger partial charge in [0.1, 0.15) is 6.10 Å². The summed E-state index contributed by atoms with van der Waals surface area (Å²) < 4.78 is 30.5. The average Bonchev–Trinajstić information content (AvgIpc) is 2.73. The first-order chi connectivity index (χ1) is 13.5. The molecule has 0 aliphatic heterocycles. The molecule has 4 nitrogen and oxygen atoms in total. The lowest BCUT2D eigenvalue weighted by atomic mass is 9.94. The van der Waals surface area contributed by atoms with Gasteiger partial charge in [-0.3, -0.25) is 0 Å². The fraction of sp³-hybridized carbons (Fsp3) is 0.348. The largest absolute Gasteiger partial charge is 0.458 e. The van der Waals surface area contributed by atoms with E-state index < -0.39 is 9.84 Å². The Hall–Kier alpha value is -2.40. The van der Waals surface area contributed by atoms with Crippen molar-refractivity contribution in [3.05, 3.63) is 78.4 Å². The number of rotatable bonds is 10. The van der Waals surface area contributed by atoms with Crippen LogP contribution in [0.25, 0.3) is 0 Å². The molecule has 0 saturated heterocycles. The summed E-state index contributed by atoms with van der Waals surface area (Å²) in [6.07, 6.45) is 5.45. The Balaban J connectivity index is 2.02. The predicted octanol–water partition coefficient (Wildman–Crippen LogP) is 5.07. The third kappa shape index (κ3) is 6.34. The molecule has 2 aromatic rings. The van der Waals surface area contributed by atoms with Crippen LogP contribution in [-0.4, -0.2) is 26.2 Å². The van der Waals surface area contributed by atoms with Crippen molar-refractivity contribution in [1.29, 1.82) is 0 Å². The van der Waals surface area contributed by atoms with E-state index in [0.29, 0.717) is 16.9 Å². The maximum atomic E-state index is 12.4. The third-order valence-corrected chi connectivity index (χ3v) is 6.42. The Morgan fingerprint density at radius 1 is 0.929 bits per heavy atom. The van der Waals surface area contributed by atoms with E-state index in [1.807, 2.05) is 12.1 Å². The van der Waals surface area contributed by atoms with Crippen LogP contribution in [0.15, 0.2) is 77.7 Å². The van der Waals surface area contributed by atoms with Gasteiger partial charge >= 0.3 is 5.97 Å². The molecule has 1 unspecified atom stereocenters. The fourth-order valence-corrected chi connectivity index (χ4v) is 4.23. The van der Waals surface area contributed by atoms with Crippen molar-refractivity contribution in [2.45, 2.75) is 44.1 Å². The van der Waals surface area contributed by atoms with Gasteiger partial charge in [0, 0.05) is 6.42 Å². The summed E-state index contributed by atoms with van der Waals surface area (Å²) in [6.45, 7) is 4.14. The molecule has 0 bridgehead atoms. The molecule has 0 amide bonds. The molecule has 2 rings (SSSR count). The summed E-state index contributed by atoms with van der Waals surface area (Å²) in [6, 6.07) is 17.3.